The number of hydrogen-bond donors (Lipinski definition) is 0. The quantitative estimate of drug-likeness (QED) is 0.624. The maximum absolute atomic E-state index is 3.93. The van der Waals surface area contributed by atoms with E-state index in [4.69, 9.17) is 0 Å². The molecule has 0 radical (unpaired) electrons. The van der Waals surface area contributed by atoms with Crippen LogP contribution in [-0.4, -0.2) is 19.8 Å². The van der Waals surface area contributed by atoms with Gasteiger partial charge in [-0.2, -0.15) is 10.2 Å². The molecule has 0 saturated carbocycles. The molecule has 4 heteroatoms. The number of rotatable bonds is 0. The predicted molar refractivity (Wildman–Crippen MR) is 53.5 cm³/mol. The molecule has 0 aliphatic heterocycles. The van der Waals surface area contributed by atoms with Crippen molar-refractivity contribution in [1.82, 2.24) is 19.8 Å². The second-order valence-corrected chi connectivity index (χ2v) is 1.68. The van der Waals surface area contributed by atoms with Crippen molar-refractivity contribution < 1.29 is 0 Å². The molecule has 0 bridgehead atoms. The molecular formula is C9H16N4. The minimum atomic E-state index is 0.963. The van der Waals surface area contributed by atoms with Crippen LogP contribution in [0.25, 0.3) is 5.52 Å². The molecule has 0 amide bonds. The third-order valence-corrected chi connectivity index (χ3v) is 1.12. The lowest BCUT2D eigenvalue weighted by molar-refractivity contribution is 0.864. The average Bonchev–Trinajstić information content (AvgIpc) is 2.71. The molecule has 2 aromatic rings. The van der Waals surface area contributed by atoms with E-state index < -0.39 is 0 Å². The summed E-state index contributed by atoms with van der Waals surface area (Å²) < 4.78 is 1.66. The molecule has 0 spiro atoms. The minimum Gasteiger partial charge on any atom is -0.219 e. The van der Waals surface area contributed by atoms with Crippen LogP contribution in [0.1, 0.15) is 27.7 Å². The van der Waals surface area contributed by atoms with E-state index >= 15 is 0 Å². The fraction of sp³-hybridized carbons (Fsp3) is 0.444. The molecule has 0 saturated heterocycles. The molecule has 2 heterocycles. The maximum atomic E-state index is 3.93. The van der Waals surface area contributed by atoms with Crippen molar-refractivity contribution in [2.24, 2.45) is 0 Å². The van der Waals surface area contributed by atoms with Gasteiger partial charge in [-0.15, -0.1) is 5.10 Å². The third kappa shape index (κ3) is 3.19. The molecule has 0 aromatic carbocycles. The summed E-state index contributed by atoms with van der Waals surface area (Å²) in [5.74, 6) is 0. The Bertz CT molecular complexity index is 286. The van der Waals surface area contributed by atoms with Gasteiger partial charge < -0.3 is 0 Å². The van der Waals surface area contributed by atoms with Crippen LogP contribution in [0.3, 0.4) is 0 Å². The van der Waals surface area contributed by atoms with Gasteiger partial charge in [0.05, 0.1) is 17.9 Å². The van der Waals surface area contributed by atoms with Gasteiger partial charge in [0.15, 0.2) is 0 Å². The standard InChI is InChI=1S/C5H4N4.2C2H6/c1-2-8-9-4-7-6-3-5(1)9;2*1-2/h1-4H;2*1-2H3. The topological polar surface area (TPSA) is 43.1 Å². The predicted octanol–water partition coefficient (Wildman–Crippen LogP) is 2.18. The van der Waals surface area contributed by atoms with Gasteiger partial charge in [-0.3, -0.25) is 0 Å². The molecular weight excluding hydrogens is 164 g/mol. The van der Waals surface area contributed by atoms with Crippen molar-refractivity contribution in [1.29, 1.82) is 0 Å². The fourth-order valence-electron chi connectivity index (χ4n) is 0.694. The Labute approximate surface area is 78.6 Å². The maximum Gasteiger partial charge on any atom is 0.140 e. The third-order valence-electron chi connectivity index (χ3n) is 1.12. The second-order valence-electron chi connectivity index (χ2n) is 1.68. The van der Waals surface area contributed by atoms with Gasteiger partial charge in [0.1, 0.15) is 6.33 Å². The Morgan fingerprint density at radius 3 is 2.38 bits per heavy atom. The summed E-state index contributed by atoms with van der Waals surface area (Å²) in [6, 6.07) is 1.87. The number of hydrogen-bond acceptors (Lipinski definition) is 3. The highest BCUT2D eigenvalue weighted by molar-refractivity contribution is 5.40. The molecule has 0 fully saturated rings. The van der Waals surface area contributed by atoms with E-state index in [0.717, 1.165) is 5.52 Å². The van der Waals surface area contributed by atoms with Gasteiger partial charge >= 0.3 is 0 Å². The summed E-state index contributed by atoms with van der Waals surface area (Å²) >= 11 is 0. The Kier molecular flexibility index (Phi) is 6.41. The zero-order valence-electron chi connectivity index (χ0n) is 8.60. The van der Waals surface area contributed by atoms with Crippen LogP contribution in [-0.2, 0) is 0 Å². The van der Waals surface area contributed by atoms with Crippen molar-refractivity contribution >= 4 is 5.52 Å². The van der Waals surface area contributed by atoms with E-state index in [-0.39, 0.29) is 0 Å². The van der Waals surface area contributed by atoms with E-state index in [1.54, 1.807) is 23.2 Å². The Morgan fingerprint density at radius 2 is 1.77 bits per heavy atom. The first kappa shape index (κ1) is 11.6. The highest BCUT2D eigenvalue weighted by atomic mass is 15.3. The molecule has 4 nitrogen and oxygen atoms in total. The van der Waals surface area contributed by atoms with E-state index in [1.807, 2.05) is 33.8 Å². The number of fused-ring (bicyclic) bond motifs is 1. The van der Waals surface area contributed by atoms with Crippen molar-refractivity contribution in [3.63, 3.8) is 0 Å². The van der Waals surface area contributed by atoms with Crippen LogP contribution in [0.5, 0.6) is 0 Å². The molecule has 0 N–H and O–H groups in total. The van der Waals surface area contributed by atoms with Crippen LogP contribution in [0.15, 0.2) is 24.8 Å². The van der Waals surface area contributed by atoms with Gasteiger partial charge in [-0.05, 0) is 6.07 Å². The summed E-state index contributed by atoms with van der Waals surface area (Å²) in [7, 11) is 0. The van der Waals surface area contributed by atoms with Crippen LogP contribution in [0.2, 0.25) is 0 Å². The van der Waals surface area contributed by atoms with E-state index in [0.29, 0.717) is 0 Å². The lowest BCUT2D eigenvalue weighted by Gasteiger charge is -1.84. The Hall–Kier alpha value is -1.45. The zero-order chi connectivity index (χ0) is 10.1. The largest absolute Gasteiger partial charge is 0.219 e. The van der Waals surface area contributed by atoms with E-state index in [9.17, 15) is 0 Å². The van der Waals surface area contributed by atoms with Crippen molar-refractivity contribution in [2.45, 2.75) is 27.7 Å². The van der Waals surface area contributed by atoms with Gasteiger partial charge in [0.25, 0.3) is 0 Å². The molecule has 0 atom stereocenters. The Morgan fingerprint density at radius 1 is 1.08 bits per heavy atom. The SMILES string of the molecule is CC.CC.c1cc2cnncn2n1. The first-order chi connectivity index (χ1) is 6.47. The first-order valence-electron chi connectivity index (χ1n) is 4.57. The lowest BCUT2D eigenvalue weighted by atomic mass is 10.6. The molecule has 13 heavy (non-hydrogen) atoms. The normalized spacial score (nSPS) is 8.00. The molecule has 2 rings (SSSR count). The Balaban J connectivity index is 0.000000322. The molecule has 72 valence electrons. The summed E-state index contributed by atoms with van der Waals surface area (Å²) in [4.78, 5) is 0. The smallest absolute Gasteiger partial charge is 0.140 e. The number of aromatic nitrogens is 4. The summed E-state index contributed by atoms with van der Waals surface area (Å²) in [6.45, 7) is 8.00. The minimum absolute atomic E-state index is 0.963. The molecule has 0 aliphatic carbocycles. The fourth-order valence-corrected chi connectivity index (χ4v) is 0.694. The van der Waals surface area contributed by atoms with Crippen LogP contribution in [0, 0.1) is 0 Å². The van der Waals surface area contributed by atoms with Crippen molar-refractivity contribution in [3.8, 4) is 0 Å². The van der Waals surface area contributed by atoms with Crippen LogP contribution >= 0.6 is 0 Å². The molecule has 0 aliphatic rings. The summed E-state index contributed by atoms with van der Waals surface area (Å²) in [5.41, 5.74) is 0.963. The van der Waals surface area contributed by atoms with Crippen LogP contribution < -0.4 is 0 Å². The average molecular weight is 180 g/mol. The van der Waals surface area contributed by atoms with Crippen molar-refractivity contribution in [3.05, 3.63) is 24.8 Å². The lowest BCUT2D eigenvalue weighted by Crippen LogP contribution is -1.88. The van der Waals surface area contributed by atoms with Crippen LogP contribution in [0.4, 0.5) is 0 Å². The summed E-state index contributed by atoms with van der Waals surface area (Å²) in [6.07, 6.45) is 4.93. The zero-order valence-corrected chi connectivity index (χ0v) is 8.60. The van der Waals surface area contributed by atoms with E-state index in [2.05, 4.69) is 15.3 Å². The first-order valence-corrected chi connectivity index (χ1v) is 4.57. The molecule has 2 aromatic heterocycles. The number of nitrogens with zero attached hydrogens (tertiary/aromatic N) is 4. The van der Waals surface area contributed by atoms with Gasteiger partial charge in [-0.1, -0.05) is 27.7 Å². The van der Waals surface area contributed by atoms with Crippen molar-refractivity contribution in [2.75, 3.05) is 0 Å². The van der Waals surface area contributed by atoms with Gasteiger partial charge in [0, 0.05) is 0 Å². The van der Waals surface area contributed by atoms with Gasteiger partial charge in [0.2, 0.25) is 0 Å². The highest BCUT2D eigenvalue weighted by Gasteiger charge is 1.87. The highest BCUT2D eigenvalue weighted by Crippen LogP contribution is 1.93. The second kappa shape index (κ2) is 7.21. The summed E-state index contributed by atoms with van der Waals surface area (Å²) in [5, 5.41) is 11.2. The van der Waals surface area contributed by atoms with E-state index in [1.165, 1.54) is 0 Å². The molecule has 0 unspecified atom stereocenters. The monoisotopic (exact) mass is 180 g/mol. The van der Waals surface area contributed by atoms with Gasteiger partial charge in [-0.25, -0.2) is 4.52 Å².